The number of fused-ring (bicyclic) bond motifs is 1. The van der Waals surface area contributed by atoms with Crippen LogP contribution in [-0.2, 0) is 19.9 Å². The maximum Gasteiger partial charge on any atom is 0.240 e. The van der Waals surface area contributed by atoms with Gasteiger partial charge >= 0.3 is 0 Å². The lowest BCUT2D eigenvalue weighted by atomic mass is 9.99. The van der Waals surface area contributed by atoms with Crippen molar-refractivity contribution in [2.45, 2.75) is 9.79 Å². The molecule has 4 aromatic rings. The number of nitrogens with two attached hydrogens (primary N) is 3. The molecule has 162 valence electrons. The van der Waals surface area contributed by atoms with E-state index in [0.29, 0.717) is 15.8 Å². The molecule has 3 heterocycles. The Morgan fingerprint density at radius 1 is 1.10 bits per heavy atom. The Bertz CT molecular complexity index is 1500. The van der Waals surface area contributed by atoms with Gasteiger partial charge in [0.25, 0.3) is 0 Å². The van der Waals surface area contributed by atoms with Gasteiger partial charge in [-0.25, -0.2) is 27.0 Å². The van der Waals surface area contributed by atoms with Gasteiger partial charge in [0.15, 0.2) is 15.0 Å². The number of pyridine rings is 1. The average Bonchev–Trinajstić information content (AvgIpc) is 3.34. The summed E-state index contributed by atoms with van der Waals surface area (Å²) in [5.41, 5.74) is 12.1. The third kappa shape index (κ3) is 3.74. The summed E-state index contributed by atoms with van der Waals surface area (Å²) in [6.45, 7) is -0.215. The maximum absolute atomic E-state index is 12.8. The molecule has 13 nitrogen and oxygen atoms in total. The first-order valence-electron chi connectivity index (χ1n) is 8.50. The molecular formula is C15H15N9O4S3. The van der Waals surface area contributed by atoms with Crippen LogP contribution < -0.4 is 16.6 Å². The molecule has 0 saturated carbocycles. The van der Waals surface area contributed by atoms with Gasteiger partial charge in [-0.05, 0) is 16.8 Å². The Kier molecular flexibility index (Phi) is 5.18. The molecule has 3 aromatic heterocycles. The van der Waals surface area contributed by atoms with Crippen molar-refractivity contribution >= 4 is 46.5 Å². The second-order valence-electron chi connectivity index (χ2n) is 6.29. The largest absolute Gasteiger partial charge is 0.375 e. The molecule has 31 heavy (non-hydrogen) atoms. The summed E-state index contributed by atoms with van der Waals surface area (Å²) in [6, 6.07) is 2.56. The van der Waals surface area contributed by atoms with E-state index < -0.39 is 35.4 Å². The van der Waals surface area contributed by atoms with Crippen LogP contribution in [0.15, 0.2) is 34.3 Å². The van der Waals surface area contributed by atoms with Crippen LogP contribution in [-0.4, -0.2) is 59.7 Å². The van der Waals surface area contributed by atoms with Crippen LogP contribution in [0.2, 0.25) is 0 Å². The van der Waals surface area contributed by atoms with Gasteiger partial charge in [0.05, 0.1) is 26.4 Å². The van der Waals surface area contributed by atoms with Crippen LogP contribution >= 0.6 is 11.3 Å². The zero-order chi connectivity index (χ0) is 22.4. The standard InChI is InChI=1S/C15H15N9O4S3/c16-3-4-30(25,26)10-2-1-7(8-5-19-6-9-12(8)20-15(17)29-9)11(13(10)31(18,27)28)14-21-23-24-22-14/h1-2,5-6H,3-4,16H2,(H2,17,20)(H2,18,27,28)(H,21,22,23,24). The fourth-order valence-electron chi connectivity index (χ4n) is 3.14. The highest BCUT2D eigenvalue weighted by atomic mass is 32.2. The predicted octanol–water partition coefficient (Wildman–Crippen LogP) is -0.500. The second kappa shape index (κ2) is 7.57. The highest BCUT2D eigenvalue weighted by molar-refractivity contribution is 7.93. The quantitative estimate of drug-likeness (QED) is 0.274. The van der Waals surface area contributed by atoms with Crippen LogP contribution in [0, 0.1) is 0 Å². The number of aromatic nitrogens is 6. The van der Waals surface area contributed by atoms with E-state index in [1.807, 2.05) is 0 Å². The zero-order valence-corrected chi connectivity index (χ0v) is 18.0. The minimum atomic E-state index is -4.57. The summed E-state index contributed by atoms with van der Waals surface area (Å²) in [5.74, 6) is -0.663. The maximum atomic E-state index is 12.8. The smallest absolute Gasteiger partial charge is 0.240 e. The Morgan fingerprint density at radius 3 is 2.52 bits per heavy atom. The lowest BCUT2D eigenvalue weighted by Gasteiger charge is -2.16. The summed E-state index contributed by atoms with van der Waals surface area (Å²) in [5, 5.41) is 19.1. The highest BCUT2D eigenvalue weighted by Crippen LogP contribution is 2.41. The van der Waals surface area contributed by atoms with Crippen molar-refractivity contribution in [3.63, 3.8) is 0 Å². The molecule has 0 unspecified atom stereocenters. The summed E-state index contributed by atoms with van der Waals surface area (Å²) in [7, 11) is -8.67. The molecule has 0 spiro atoms. The molecule has 0 fully saturated rings. The van der Waals surface area contributed by atoms with E-state index >= 15 is 0 Å². The third-order valence-electron chi connectivity index (χ3n) is 4.31. The van der Waals surface area contributed by atoms with Gasteiger partial charge in [0, 0.05) is 24.5 Å². The van der Waals surface area contributed by atoms with Gasteiger partial charge < -0.3 is 11.5 Å². The summed E-state index contributed by atoms with van der Waals surface area (Å²) in [4.78, 5) is 7.25. The molecule has 0 bridgehead atoms. The molecule has 4 rings (SSSR count). The molecule has 7 N–H and O–H groups in total. The Labute approximate surface area is 179 Å². The number of nitrogen functional groups attached to an aromatic ring is 1. The highest BCUT2D eigenvalue weighted by Gasteiger charge is 2.32. The normalized spacial score (nSPS) is 12.5. The number of hydrogen-bond acceptors (Lipinski definition) is 12. The first kappa shape index (κ1) is 21.2. The predicted molar refractivity (Wildman–Crippen MR) is 113 cm³/mol. The number of sulfone groups is 1. The fraction of sp³-hybridized carbons (Fsp3) is 0.133. The molecule has 16 heteroatoms. The number of thiazole rings is 1. The molecule has 0 amide bonds. The lowest BCUT2D eigenvalue weighted by molar-refractivity contribution is 0.583. The number of tetrazole rings is 1. The zero-order valence-electron chi connectivity index (χ0n) is 15.5. The number of H-pyrrole nitrogens is 1. The Balaban J connectivity index is 2.18. The van der Waals surface area contributed by atoms with E-state index in [-0.39, 0.29) is 28.6 Å². The topological polar surface area (TPSA) is 227 Å². The SMILES string of the molecule is NCCS(=O)(=O)c1ccc(-c2cncc3sc(N)nc23)c(-c2nn[nH]n2)c1S(N)(=O)=O. The monoisotopic (exact) mass is 481 g/mol. The summed E-state index contributed by atoms with van der Waals surface area (Å²) >= 11 is 1.19. The number of rotatable bonds is 6. The first-order valence-corrected chi connectivity index (χ1v) is 12.5. The van der Waals surface area contributed by atoms with E-state index in [1.165, 1.54) is 23.6 Å². The minimum absolute atomic E-state index is 0.157. The number of aromatic amines is 1. The Hall–Kier alpha value is -3.05. The van der Waals surface area contributed by atoms with Gasteiger partial charge in [-0.2, -0.15) is 5.21 Å². The van der Waals surface area contributed by atoms with Crippen LogP contribution in [0.3, 0.4) is 0 Å². The van der Waals surface area contributed by atoms with Gasteiger partial charge in [-0.1, -0.05) is 17.4 Å². The van der Waals surface area contributed by atoms with Crippen molar-refractivity contribution in [3.05, 3.63) is 24.5 Å². The minimum Gasteiger partial charge on any atom is -0.375 e. The van der Waals surface area contributed by atoms with Gasteiger partial charge in [0.1, 0.15) is 4.90 Å². The van der Waals surface area contributed by atoms with Gasteiger partial charge in [-0.3, -0.25) is 4.98 Å². The lowest BCUT2D eigenvalue weighted by Crippen LogP contribution is -2.22. The van der Waals surface area contributed by atoms with Crippen molar-refractivity contribution in [1.29, 1.82) is 0 Å². The summed E-state index contributed by atoms with van der Waals surface area (Å²) < 4.78 is 51.4. The number of nitrogens with one attached hydrogen (secondary N) is 1. The molecule has 0 aliphatic rings. The number of anilines is 1. The van der Waals surface area contributed by atoms with Crippen LogP contribution in [0.25, 0.3) is 32.7 Å². The number of primary sulfonamides is 1. The Morgan fingerprint density at radius 2 is 1.87 bits per heavy atom. The van der Waals surface area contributed by atoms with E-state index in [0.717, 1.165) is 6.07 Å². The van der Waals surface area contributed by atoms with Gasteiger partial charge in [-0.15, -0.1) is 10.2 Å². The van der Waals surface area contributed by atoms with E-state index in [4.69, 9.17) is 16.6 Å². The molecule has 0 aliphatic carbocycles. The second-order valence-corrected chi connectivity index (χ2v) is 10.9. The third-order valence-corrected chi connectivity index (χ3v) is 8.03. The van der Waals surface area contributed by atoms with Crippen molar-refractivity contribution < 1.29 is 16.8 Å². The van der Waals surface area contributed by atoms with Crippen molar-refractivity contribution in [2.24, 2.45) is 10.9 Å². The van der Waals surface area contributed by atoms with Crippen molar-refractivity contribution in [2.75, 3.05) is 18.0 Å². The average molecular weight is 482 g/mol. The van der Waals surface area contributed by atoms with Crippen molar-refractivity contribution in [3.8, 4) is 22.5 Å². The van der Waals surface area contributed by atoms with Crippen LogP contribution in [0.4, 0.5) is 5.13 Å². The van der Waals surface area contributed by atoms with E-state index in [1.54, 1.807) is 6.20 Å². The summed E-state index contributed by atoms with van der Waals surface area (Å²) in [6.07, 6.45) is 3.00. The molecule has 0 atom stereocenters. The van der Waals surface area contributed by atoms with E-state index in [9.17, 15) is 16.8 Å². The van der Waals surface area contributed by atoms with Crippen LogP contribution in [0.1, 0.15) is 0 Å². The fourth-order valence-corrected chi connectivity index (χ4v) is 6.62. The molecule has 0 aliphatic heterocycles. The number of benzene rings is 1. The molecule has 0 radical (unpaired) electrons. The number of sulfonamides is 1. The number of nitrogens with zero attached hydrogens (tertiary/aromatic N) is 5. The number of hydrogen-bond donors (Lipinski definition) is 4. The van der Waals surface area contributed by atoms with E-state index in [2.05, 4.69) is 30.6 Å². The molecule has 1 aromatic carbocycles. The van der Waals surface area contributed by atoms with Gasteiger partial charge in [0.2, 0.25) is 15.8 Å². The first-order chi connectivity index (χ1) is 14.6. The molecule has 0 saturated heterocycles. The van der Waals surface area contributed by atoms with Crippen LogP contribution in [0.5, 0.6) is 0 Å². The van der Waals surface area contributed by atoms with Crippen molar-refractivity contribution in [1.82, 2.24) is 30.6 Å². The molecular weight excluding hydrogens is 466 g/mol.